The van der Waals surface area contributed by atoms with Gasteiger partial charge in [-0.1, -0.05) is 18.2 Å². The molecule has 0 radical (unpaired) electrons. The van der Waals surface area contributed by atoms with Crippen LogP contribution in [-0.2, 0) is 11.0 Å². The van der Waals surface area contributed by atoms with Crippen molar-refractivity contribution in [3.8, 4) is 11.1 Å². The quantitative estimate of drug-likeness (QED) is 0.503. The van der Waals surface area contributed by atoms with Crippen LogP contribution in [0.1, 0.15) is 67.4 Å². The molecule has 0 bridgehead atoms. The van der Waals surface area contributed by atoms with E-state index in [1.807, 2.05) is 25.7 Å². The smallest absolute Gasteiger partial charge is 0.416 e. The van der Waals surface area contributed by atoms with Gasteiger partial charge in [-0.15, -0.1) is 0 Å². The summed E-state index contributed by atoms with van der Waals surface area (Å²) in [7, 11) is 0. The first kappa shape index (κ1) is 27.1. The molecule has 1 atom stereocenters. The van der Waals surface area contributed by atoms with Crippen molar-refractivity contribution in [1.82, 2.24) is 9.80 Å². The lowest BCUT2D eigenvalue weighted by molar-refractivity contribution is -0.144. The summed E-state index contributed by atoms with van der Waals surface area (Å²) in [6.45, 7) is 7.19. The highest BCUT2D eigenvalue weighted by Gasteiger charge is 2.49. The number of halogens is 4. The third kappa shape index (κ3) is 5.66. The van der Waals surface area contributed by atoms with E-state index in [9.17, 15) is 22.8 Å². The van der Waals surface area contributed by atoms with Crippen LogP contribution in [0.5, 0.6) is 0 Å². The largest absolute Gasteiger partial charge is 0.478 e. The van der Waals surface area contributed by atoms with Crippen molar-refractivity contribution in [2.75, 3.05) is 26.2 Å². The Morgan fingerprint density at radius 3 is 2.11 bits per heavy atom. The van der Waals surface area contributed by atoms with Gasteiger partial charge in [0.1, 0.15) is 0 Å². The second-order valence-electron chi connectivity index (χ2n) is 11.1. The van der Waals surface area contributed by atoms with Crippen molar-refractivity contribution in [3.05, 3.63) is 59.2 Å². The van der Waals surface area contributed by atoms with Gasteiger partial charge in [0, 0.05) is 38.1 Å². The van der Waals surface area contributed by atoms with Gasteiger partial charge in [0.25, 0.3) is 5.91 Å². The lowest BCUT2D eigenvalue weighted by Gasteiger charge is -2.37. The van der Waals surface area contributed by atoms with Crippen LogP contribution in [0.15, 0.2) is 42.5 Å². The summed E-state index contributed by atoms with van der Waals surface area (Å²) in [6.07, 6.45) is -3.38. The number of likely N-dealkylation sites (tertiary alicyclic amines) is 2. The van der Waals surface area contributed by atoms with Gasteiger partial charge in [-0.25, -0.2) is 9.18 Å². The second-order valence-corrected chi connectivity index (χ2v) is 11.1. The summed E-state index contributed by atoms with van der Waals surface area (Å²) in [4.78, 5) is 27.9. The number of hydrogen-bond acceptors (Lipinski definition) is 3. The number of aromatic carboxylic acids is 1. The molecule has 4 rings (SSSR count). The first-order valence-electron chi connectivity index (χ1n) is 12.5. The topological polar surface area (TPSA) is 60.9 Å². The molecule has 5 nitrogen and oxygen atoms in total. The molecule has 37 heavy (non-hydrogen) atoms. The van der Waals surface area contributed by atoms with Gasteiger partial charge in [-0.05, 0) is 80.5 Å². The maximum Gasteiger partial charge on any atom is 0.416 e. The molecule has 0 unspecified atom stereocenters. The monoisotopic (exact) mass is 520 g/mol. The fourth-order valence-electron chi connectivity index (χ4n) is 5.33. The fourth-order valence-corrected chi connectivity index (χ4v) is 5.33. The van der Waals surface area contributed by atoms with Gasteiger partial charge in [-0.3, -0.25) is 9.69 Å². The number of piperidine rings is 1. The Kier molecular flexibility index (Phi) is 7.14. The SMILES string of the molecule is CC(C)(C)N1CC[C@](F)(C(=O)N2CCC(c3ccc(C(F)(F)F)cc3-c3ccc(C(=O)O)cc3)CC2)C1. The van der Waals surface area contributed by atoms with E-state index < -0.39 is 29.3 Å². The number of nitrogens with zero attached hydrogens (tertiary/aromatic N) is 2. The molecule has 1 N–H and O–H groups in total. The van der Waals surface area contributed by atoms with Crippen LogP contribution in [-0.4, -0.2) is 64.2 Å². The van der Waals surface area contributed by atoms with E-state index in [4.69, 9.17) is 5.11 Å². The molecule has 0 spiro atoms. The molecule has 9 heteroatoms. The van der Waals surface area contributed by atoms with E-state index in [1.165, 1.54) is 30.3 Å². The van der Waals surface area contributed by atoms with Crippen molar-refractivity contribution in [2.45, 2.75) is 63.3 Å². The van der Waals surface area contributed by atoms with Crippen molar-refractivity contribution in [3.63, 3.8) is 0 Å². The van der Waals surface area contributed by atoms with Crippen molar-refractivity contribution in [1.29, 1.82) is 0 Å². The molecule has 2 aromatic carbocycles. The molecule has 200 valence electrons. The third-order valence-corrected chi connectivity index (χ3v) is 7.60. The van der Waals surface area contributed by atoms with Crippen molar-refractivity contribution in [2.24, 2.45) is 0 Å². The number of benzene rings is 2. The van der Waals surface area contributed by atoms with Crippen LogP contribution in [0.25, 0.3) is 11.1 Å². The number of carbonyl (C=O) groups excluding carboxylic acids is 1. The van der Waals surface area contributed by atoms with Gasteiger partial charge in [-0.2, -0.15) is 13.2 Å². The molecule has 2 fully saturated rings. The Morgan fingerprint density at radius 1 is 0.973 bits per heavy atom. The normalized spacial score (nSPS) is 21.9. The van der Waals surface area contributed by atoms with E-state index >= 15 is 4.39 Å². The molecular weight excluding hydrogens is 488 g/mol. The number of carboxylic acids is 1. The fraction of sp³-hybridized carbons (Fsp3) is 0.500. The molecular formula is C28H32F4N2O3. The molecule has 2 aliphatic rings. The Hall–Kier alpha value is -2.94. The summed E-state index contributed by atoms with van der Waals surface area (Å²) in [5, 5.41) is 9.17. The van der Waals surface area contributed by atoms with Gasteiger partial charge < -0.3 is 10.0 Å². The van der Waals surface area contributed by atoms with Crippen LogP contribution < -0.4 is 0 Å². The minimum atomic E-state index is -4.53. The molecule has 0 aliphatic carbocycles. The molecule has 2 saturated heterocycles. The number of alkyl halides is 4. The molecule has 0 aromatic heterocycles. The zero-order valence-corrected chi connectivity index (χ0v) is 21.2. The predicted molar refractivity (Wildman–Crippen MR) is 132 cm³/mol. The van der Waals surface area contributed by atoms with Crippen LogP contribution in [0.2, 0.25) is 0 Å². The van der Waals surface area contributed by atoms with Gasteiger partial charge in [0.2, 0.25) is 5.67 Å². The van der Waals surface area contributed by atoms with Crippen LogP contribution >= 0.6 is 0 Å². The molecule has 2 heterocycles. The summed E-state index contributed by atoms with van der Waals surface area (Å²) >= 11 is 0. The molecule has 2 aromatic rings. The van der Waals surface area contributed by atoms with E-state index in [0.29, 0.717) is 49.2 Å². The summed E-state index contributed by atoms with van der Waals surface area (Å²) in [5.41, 5.74) is -1.33. The van der Waals surface area contributed by atoms with Gasteiger partial charge in [0.05, 0.1) is 11.1 Å². The van der Waals surface area contributed by atoms with E-state index in [1.54, 1.807) is 4.90 Å². The van der Waals surface area contributed by atoms with Gasteiger partial charge >= 0.3 is 12.1 Å². The Bertz CT molecular complexity index is 1170. The first-order chi connectivity index (χ1) is 17.2. The highest BCUT2D eigenvalue weighted by molar-refractivity contribution is 5.88. The maximum atomic E-state index is 15.6. The highest BCUT2D eigenvalue weighted by atomic mass is 19.4. The van der Waals surface area contributed by atoms with Gasteiger partial charge in [0.15, 0.2) is 0 Å². The average Bonchev–Trinajstić information content (AvgIpc) is 3.27. The summed E-state index contributed by atoms with van der Waals surface area (Å²) < 4.78 is 56.1. The Morgan fingerprint density at radius 2 is 1.59 bits per heavy atom. The second kappa shape index (κ2) is 9.74. The summed E-state index contributed by atoms with van der Waals surface area (Å²) in [6, 6.07) is 9.37. The maximum absolute atomic E-state index is 15.6. The molecule has 0 saturated carbocycles. The van der Waals surface area contributed by atoms with E-state index in [-0.39, 0.29) is 30.0 Å². The van der Waals surface area contributed by atoms with Crippen LogP contribution in [0, 0.1) is 0 Å². The lowest BCUT2D eigenvalue weighted by Crippen LogP contribution is -2.51. The van der Waals surface area contributed by atoms with E-state index in [2.05, 4.69) is 0 Å². The zero-order chi connectivity index (χ0) is 27.2. The van der Waals surface area contributed by atoms with Crippen molar-refractivity contribution >= 4 is 11.9 Å². The average molecular weight is 521 g/mol. The van der Waals surface area contributed by atoms with Crippen molar-refractivity contribution < 1.29 is 32.3 Å². The van der Waals surface area contributed by atoms with E-state index in [0.717, 1.165) is 12.1 Å². The lowest BCUT2D eigenvalue weighted by atomic mass is 9.83. The number of amides is 1. The number of rotatable bonds is 4. The molecule has 1 amide bonds. The summed E-state index contributed by atoms with van der Waals surface area (Å²) in [5.74, 6) is -1.74. The minimum Gasteiger partial charge on any atom is -0.478 e. The standard InChI is InChI=1S/C28H32F4N2O3/c1-26(2,3)34-15-12-27(29,17-34)25(37)33-13-10-19(11-14-33)22-9-8-21(28(30,31)32)16-23(22)18-4-6-20(7-5-18)24(35)36/h4-9,16,19H,10-15,17H2,1-3H3,(H,35,36)/t27-/m1/s1. The van der Waals surface area contributed by atoms with Crippen LogP contribution in [0.3, 0.4) is 0 Å². The third-order valence-electron chi connectivity index (χ3n) is 7.60. The highest BCUT2D eigenvalue weighted by Crippen LogP contribution is 2.40. The zero-order valence-electron chi connectivity index (χ0n) is 21.2. The Labute approximate surface area is 214 Å². The number of hydrogen-bond donors (Lipinski definition) is 1. The molecule has 2 aliphatic heterocycles. The first-order valence-corrected chi connectivity index (χ1v) is 12.5. The predicted octanol–water partition coefficient (Wildman–Crippen LogP) is 5.99. The Balaban J connectivity index is 1.54. The minimum absolute atomic E-state index is 0.0428. The van der Waals surface area contributed by atoms with Crippen LogP contribution in [0.4, 0.5) is 17.6 Å². The number of carbonyl (C=O) groups is 2. The number of carboxylic acid groups (broad SMARTS) is 1.